The highest BCUT2D eigenvalue weighted by Crippen LogP contribution is 2.29. The van der Waals surface area contributed by atoms with Crippen molar-refractivity contribution in [1.29, 1.82) is 0 Å². The van der Waals surface area contributed by atoms with E-state index in [4.69, 9.17) is 0 Å². The molecule has 2 N–H and O–H groups in total. The van der Waals surface area contributed by atoms with Crippen LogP contribution in [-0.4, -0.2) is 59.1 Å². The quantitative estimate of drug-likeness (QED) is 0.421. The SMILES string of the molecule is CCC/N=C(/C(=O)Nc1ccc(N2CCCC2)nc1)c1cc(-c2cnn(C3CCNCC3)c2)c(F)cc1C. The molecule has 2 aliphatic heterocycles. The summed E-state index contributed by atoms with van der Waals surface area (Å²) in [4.78, 5) is 24.9. The summed E-state index contributed by atoms with van der Waals surface area (Å²) >= 11 is 0. The lowest BCUT2D eigenvalue weighted by Crippen LogP contribution is -2.29. The first-order valence-corrected chi connectivity index (χ1v) is 13.7. The lowest BCUT2D eigenvalue weighted by Gasteiger charge is -2.22. The van der Waals surface area contributed by atoms with Crippen molar-refractivity contribution in [1.82, 2.24) is 20.1 Å². The number of aromatic nitrogens is 3. The Morgan fingerprint density at radius 2 is 1.97 bits per heavy atom. The average Bonchev–Trinajstić information content (AvgIpc) is 3.64. The van der Waals surface area contributed by atoms with Crippen LogP contribution in [0.2, 0.25) is 0 Å². The third kappa shape index (κ3) is 5.78. The molecule has 0 bridgehead atoms. The molecule has 0 spiro atoms. The molecule has 1 aromatic carbocycles. The van der Waals surface area contributed by atoms with Gasteiger partial charge >= 0.3 is 0 Å². The van der Waals surface area contributed by atoms with Gasteiger partial charge in [0.2, 0.25) is 0 Å². The van der Waals surface area contributed by atoms with E-state index in [9.17, 15) is 4.79 Å². The molecule has 0 saturated carbocycles. The fourth-order valence-corrected chi connectivity index (χ4v) is 5.18. The summed E-state index contributed by atoms with van der Waals surface area (Å²) in [5, 5.41) is 10.8. The fraction of sp³-hybridized carbons (Fsp3) is 0.448. The van der Waals surface area contributed by atoms with Crippen LogP contribution in [0.25, 0.3) is 11.1 Å². The molecule has 4 heterocycles. The van der Waals surface area contributed by atoms with Crippen molar-refractivity contribution in [3.63, 3.8) is 0 Å². The first-order valence-electron chi connectivity index (χ1n) is 13.7. The number of halogens is 1. The molecule has 0 unspecified atom stereocenters. The van der Waals surface area contributed by atoms with Gasteiger partial charge in [0.1, 0.15) is 17.3 Å². The summed E-state index contributed by atoms with van der Waals surface area (Å²) in [5.74, 6) is 0.248. The molecule has 2 fully saturated rings. The van der Waals surface area contributed by atoms with Gasteiger partial charge in [-0.25, -0.2) is 9.37 Å². The minimum Gasteiger partial charge on any atom is -0.357 e. The van der Waals surface area contributed by atoms with Crippen molar-refractivity contribution in [3.8, 4) is 11.1 Å². The number of aliphatic imine (C=N–C) groups is 1. The van der Waals surface area contributed by atoms with E-state index in [0.29, 0.717) is 46.2 Å². The van der Waals surface area contributed by atoms with Crippen molar-refractivity contribution >= 4 is 23.1 Å². The molecule has 1 amide bonds. The van der Waals surface area contributed by atoms with Crippen molar-refractivity contribution < 1.29 is 9.18 Å². The molecule has 0 aliphatic carbocycles. The number of rotatable bonds is 8. The third-order valence-electron chi connectivity index (χ3n) is 7.31. The molecule has 5 rings (SSSR count). The van der Waals surface area contributed by atoms with Gasteiger partial charge in [-0.3, -0.25) is 14.5 Å². The van der Waals surface area contributed by atoms with Crippen LogP contribution in [0.4, 0.5) is 15.9 Å². The van der Waals surface area contributed by atoms with Crippen molar-refractivity contribution in [2.45, 2.75) is 52.0 Å². The van der Waals surface area contributed by atoms with Crippen LogP contribution in [0.5, 0.6) is 0 Å². The molecule has 0 radical (unpaired) electrons. The van der Waals surface area contributed by atoms with Crippen LogP contribution in [0, 0.1) is 12.7 Å². The van der Waals surface area contributed by atoms with Gasteiger partial charge < -0.3 is 15.5 Å². The van der Waals surface area contributed by atoms with Crippen LogP contribution >= 0.6 is 0 Å². The molecule has 2 aromatic heterocycles. The van der Waals surface area contributed by atoms with Gasteiger partial charge in [0.05, 0.1) is 24.1 Å². The molecule has 0 atom stereocenters. The van der Waals surface area contributed by atoms with E-state index in [1.54, 1.807) is 18.5 Å². The zero-order chi connectivity index (χ0) is 26.5. The Hall–Kier alpha value is -3.59. The maximum absolute atomic E-state index is 15.2. The normalized spacial score (nSPS) is 16.7. The number of benzene rings is 1. The number of piperidine rings is 1. The van der Waals surface area contributed by atoms with E-state index in [2.05, 4.69) is 30.6 Å². The van der Waals surface area contributed by atoms with E-state index < -0.39 is 0 Å². The second-order valence-corrected chi connectivity index (χ2v) is 10.1. The number of anilines is 2. The van der Waals surface area contributed by atoms with Crippen LogP contribution < -0.4 is 15.5 Å². The number of aryl methyl sites for hydroxylation is 1. The van der Waals surface area contributed by atoms with Crippen LogP contribution in [-0.2, 0) is 4.79 Å². The summed E-state index contributed by atoms with van der Waals surface area (Å²) in [5.41, 5.74) is 3.28. The number of nitrogens with zero attached hydrogens (tertiary/aromatic N) is 5. The van der Waals surface area contributed by atoms with E-state index in [1.807, 2.05) is 36.9 Å². The summed E-state index contributed by atoms with van der Waals surface area (Å²) in [6.45, 7) is 8.23. The van der Waals surface area contributed by atoms with E-state index in [1.165, 1.54) is 18.9 Å². The Balaban J connectivity index is 1.40. The van der Waals surface area contributed by atoms with Gasteiger partial charge in [-0.1, -0.05) is 6.92 Å². The van der Waals surface area contributed by atoms with Gasteiger partial charge in [0, 0.05) is 42.5 Å². The number of hydrogen-bond acceptors (Lipinski definition) is 6. The Morgan fingerprint density at radius 1 is 1.18 bits per heavy atom. The maximum Gasteiger partial charge on any atom is 0.274 e. The molecule has 8 nitrogen and oxygen atoms in total. The average molecular weight is 518 g/mol. The zero-order valence-electron chi connectivity index (χ0n) is 22.2. The standard InChI is InChI=1S/C29H36FN7O/c1-3-10-32-28(29(38)35-22-6-7-27(33-18-22)36-13-4-5-14-36)24-16-25(26(30)15-20(24)2)21-17-34-37(19-21)23-8-11-31-12-9-23/h6-7,15-19,23,31H,3-5,8-14H2,1-2H3,(H,35,38)/b32-28+. The number of carbonyl (C=O) groups is 1. The number of hydrogen-bond donors (Lipinski definition) is 2. The predicted octanol–water partition coefficient (Wildman–Crippen LogP) is 4.76. The molecular weight excluding hydrogens is 481 g/mol. The molecule has 2 saturated heterocycles. The minimum atomic E-state index is -0.340. The lowest BCUT2D eigenvalue weighted by molar-refractivity contribution is -0.110. The van der Waals surface area contributed by atoms with E-state index in [0.717, 1.165) is 51.3 Å². The Labute approximate surface area is 223 Å². The van der Waals surface area contributed by atoms with Gasteiger partial charge in [0.15, 0.2) is 0 Å². The molecule has 9 heteroatoms. The largest absolute Gasteiger partial charge is 0.357 e. The number of amides is 1. The molecule has 38 heavy (non-hydrogen) atoms. The fourth-order valence-electron chi connectivity index (χ4n) is 5.18. The molecular formula is C29H36FN7O. The van der Waals surface area contributed by atoms with Crippen molar-refractivity contribution in [2.75, 3.05) is 42.9 Å². The summed E-state index contributed by atoms with van der Waals surface area (Å²) in [6.07, 6.45) is 10.4. The lowest BCUT2D eigenvalue weighted by atomic mass is 9.97. The van der Waals surface area contributed by atoms with Gasteiger partial charge in [-0.2, -0.15) is 5.10 Å². The van der Waals surface area contributed by atoms with Crippen molar-refractivity contribution in [2.24, 2.45) is 4.99 Å². The van der Waals surface area contributed by atoms with Gasteiger partial charge in [0.25, 0.3) is 5.91 Å². The van der Waals surface area contributed by atoms with E-state index >= 15 is 4.39 Å². The second kappa shape index (κ2) is 11.9. The summed E-state index contributed by atoms with van der Waals surface area (Å²) in [6, 6.07) is 7.32. The third-order valence-corrected chi connectivity index (χ3v) is 7.31. The highest BCUT2D eigenvalue weighted by Gasteiger charge is 2.22. The molecule has 3 aromatic rings. The minimum absolute atomic E-state index is 0.292. The zero-order valence-corrected chi connectivity index (χ0v) is 22.2. The van der Waals surface area contributed by atoms with Gasteiger partial charge in [-0.15, -0.1) is 0 Å². The number of pyridine rings is 1. The number of nitrogens with one attached hydrogen (secondary N) is 2. The summed E-state index contributed by atoms with van der Waals surface area (Å²) in [7, 11) is 0. The predicted molar refractivity (Wildman–Crippen MR) is 150 cm³/mol. The molecule has 2 aliphatic rings. The summed E-state index contributed by atoms with van der Waals surface area (Å²) < 4.78 is 17.1. The van der Waals surface area contributed by atoms with E-state index in [-0.39, 0.29) is 11.7 Å². The van der Waals surface area contributed by atoms with Crippen LogP contribution in [0.1, 0.15) is 56.2 Å². The Morgan fingerprint density at radius 3 is 2.68 bits per heavy atom. The molecule has 200 valence electrons. The highest BCUT2D eigenvalue weighted by molar-refractivity contribution is 6.49. The topological polar surface area (TPSA) is 87.4 Å². The first kappa shape index (κ1) is 26.0. The maximum atomic E-state index is 15.2. The van der Waals surface area contributed by atoms with Gasteiger partial charge in [-0.05, 0) is 81.9 Å². The second-order valence-electron chi connectivity index (χ2n) is 10.1. The monoisotopic (exact) mass is 517 g/mol. The van der Waals surface area contributed by atoms with Crippen molar-refractivity contribution in [3.05, 3.63) is 59.8 Å². The number of carbonyl (C=O) groups excluding carboxylic acids is 1. The van der Waals surface area contributed by atoms with Crippen LogP contribution in [0.3, 0.4) is 0 Å². The smallest absolute Gasteiger partial charge is 0.274 e. The highest BCUT2D eigenvalue weighted by atomic mass is 19.1. The Bertz CT molecular complexity index is 1290. The first-order chi connectivity index (χ1) is 18.5. The Kier molecular flexibility index (Phi) is 8.12. The van der Waals surface area contributed by atoms with Crippen LogP contribution in [0.15, 0.2) is 47.8 Å².